The average Bonchev–Trinajstić information content (AvgIpc) is 2.46. The minimum absolute atomic E-state index is 0.0846. The minimum Gasteiger partial charge on any atom is -0.478 e. The number of nitrogens with one attached hydrogen (secondary N) is 1. The van der Waals surface area contributed by atoms with Crippen LogP contribution in [0.3, 0.4) is 0 Å². The number of esters is 1. The molecule has 2 rings (SSSR count). The number of benzene rings is 1. The third-order valence-corrected chi connectivity index (χ3v) is 2.76. The maximum absolute atomic E-state index is 11.4. The fraction of sp³-hybridized carbons (Fsp3) is 0.143. The van der Waals surface area contributed by atoms with Gasteiger partial charge in [-0.15, -0.1) is 0 Å². The third-order valence-electron chi connectivity index (χ3n) is 2.76. The van der Waals surface area contributed by atoms with Gasteiger partial charge in [0.15, 0.2) is 5.69 Å². The lowest BCUT2D eigenvalue weighted by Gasteiger charge is -2.08. The number of rotatable bonds is 4. The Hall–Kier alpha value is -2.96. The van der Waals surface area contributed by atoms with Crippen molar-refractivity contribution in [3.8, 4) is 0 Å². The molecule has 0 radical (unpaired) electrons. The van der Waals surface area contributed by atoms with Gasteiger partial charge in [0.25, 0.3) is 0 Å². The fourth-order valence-electron chi connectivity index (χ4n) is 1.76. The number of aromatic carboxylic acids is 1. The van der Waals surface area contributed by atoms with Crippen molar-refractivity contribution in [3.63, 3.8) is 0 Å². The largest absolute Gasteiger partial charge is 0.478 e. The summed E-state index contributed by atoms with van der Waals surface area (Å²) < 4.78 is 4.57. The molecule has 0 fully saturated rings. The lowest BCUT2D eigenvalue weighted by molar-refractivity contribution is 0.0592. The van der Waals surface area contributed by atoms with Gasteiger partial charge in [-0.3, -0.25) is 4.98 Å². The molecule has 7 heteroatoms. The molecule has 0 atom stereocenters. The van der Waals surface area contributed by atoms with Crippen LogP contribution in [-0.4, -0.2) is 34.1 Å². The standard InChI is InChI=1S/C14H13N3O4/c1-8-5-9(3-4-10(8)13(18)19)16-12-7-15-6-11(17-12)14(20)21-2/h3-7H,1-2H3,(H,16,17)(H,18,19). The topological polar surface area (TPSA) is 101 Å². The second-order valence-corrected chi connectivity index (χ2v) is 4.24. The van der Waals surface area contributed by atoms with E-state index in [4.69, 9.17) is 5.11 Å². The summed E-state index contributed by atoms with van der Waals surface area (Å²) in [6.45, 7) is 1.70. The van der Waals surface area contributed by atoms with E-state index in [1.807, 2.05) is 0 Å². The van der Waals surface area contributed by atoms with Crippen LogP contribution in [-0.2, 0) is 4.74 Å². The van der Waals surface area contributed by atoms with Crippen LogP contribution >= 0.6 is 0 Å². The van der Waals surface area contributed by atoms with Crippen LogP contribution in [0.4, 0.5) is 11.5 Å². The molecule has 0 bridgehead atoms. The number of carbonyl (C=O) groups excluding carboxylic acids is 1. The molecule has 1 aromatic heterocycles. The quantitative estimate of drug-likeness (QED) is 0.829. The molecule has 1 aromatic carbocycles. The Labute approximate surface area is 120 Å². The van der Waals surface area contributed by atoms with E-state index in [0.717, 1.165) is 0 Å². The maximum Gasteiger partial charge on any atom is 0.358 e. The van der Waals surface area contributed by atoms with Crippen LogP contribution in [0, 0.1) is 6.92 Å². The predicted octanol–water partition coefficient (Wildman–Crippen LogP) is 2.01. The van der Waals surface area contributed by atoms with Crippen LogP contribution in [0.25, 0.3) is 0 Å². The van der Waals surface area contributed by atoms with Gasteiger partial charge in [-0.1, -0.05) is 0 Å². The van der Waals surface area contributed by atoms with Gasteiger partial charge >= 0.3 is 11.9 Å². The molecule has 1 heterocycles. The zero-order valence-electron chi connectivity index (χ0n) is 11.5. The van der Waals surface area contributed by atoms with Crippen molar-refractivity contribution < 1.29 is 19.4 Å². The summed E-state index contributed by atoms with van der Waals surface area (Å²) in [6.07, 6.45) is 2.75. The average molecular weight is 287 g/mol. The number of hydrogen-bond donors (Lipinski definition) is 2. The SMILES string of the molecule is COC(=O)c1cncc(Nc2ccc(C(=O)O)c(C)c2)n1. The number of carboxylic acid groups (broad SMARTS) is 1. The first-order valence-corrected chi connectivity index (χ1v) is 6.02. The van der Waals surface area contributed by atoms with Gasteiger partial charge in [0.1, 0.15) is 5.82 Å². The number of methoxy groups -OCH3 is 1. The molecule has 108 valence electrons. The Bertz CT molecular complexity index is 700. The molecule has 0 aliphatic heterocycles. The molecular formula is C14H13N3O4. The maximum atomic E-state index is 11.4. The molecule has 0 amide bonds. The predicted molar refractivity (Wildman–Crippen MR) is 74.8 cm³/mol. The van der Waals surface area contributed by atoms with Gasteiger partial charge < -0.3 is 15.2 Å². The van der Waals surface area contributed by atoms with Gasteiger partial charge in [0.05, 0.1) is 25.1 Å². The van der Waals surface area contributed by atoms with Gasteiger partial charge in [0.2, 0.25) is 0 Å². The highest BCUT2D eigenvalue weighted by Gasteiger charge is 2.10. The Balaban J connectivity index is 2.24. The van der Waals surface area contributed by atoms with E-state index in [-0.39, 0.29) is 11.3 Å². The van der Waals surface area contributed by atoms with Crippen LogP contribution in [0.15, 0.2) is 30.6 Å². The van der Waals surface area contributed by atoms with Crippen molar-refractivity contribution in [1.82, 2.24) is 9.97 Å². The van der Waals surface area contributed by atoms with Crippen molar-refractivity contribution in [2.24, 2.45) is 0 Å². The smallest absolute Gasteiger partial charge is 0.358 e. The zero-order chi connectivity index (χ0) is 15.4. The van der Waals surface area contributed by atoms with Crippen LogP contribution in [0.2, 0.25) is 0 Å². The molecule has 0 unspecified atom stereocenters. The van der Waals surface area contributed by atoms with E-state index in [0.29, 0.717) is 17.1 Å². The number of carbonyl (C=O) groups is 2. The van der Waals surface area contributed by atoms with Gasteiger partial charge in [-0.05, 0) is 30.7 Å². The minimum atomic E-state index is -0.980. The highest BCUT2D eigenvalue weighted by Crippen LogP contribution is 2.18. The third kappa shape index (κ3) is 3.33. The number of hydrogen-bond acceptors (Lipinski definition) is 6. The number of aryl methyl sites for hydroxylation is 1. The van der Waals surface area contributed by atoms with E-state index in [1.165, 1.54) is 25.6 Å². The number of carboxylic acids is 1. The molecule has 0 spiro atoms. The summed E-state index contributed by atoms with van der Waals surface area (Å²) >= 11 is 0. The van der Waals surface area contributed by atoms with E-state index in [9.17, 15) is 9.59 Å². The number of anilines is 2. The molecular weight excluding hydrogens is 274 g/mol. The van der Waals surface area contributed by atoms with Gasteiger partial charge in [0, 0.05) is 5.69 Å². The summed E-state index contributed by atoms with van der Waals surface area (Å²) in [6, 6.07) is 4.79. The lowest BCUT2D eigenvalue weighted by atomic mass is 10.1. The van der Waals surface area contributed by atoms with Crippen molar-refractivity contribution in [1.29, 1.82) is 0 Å². The van der Waals surface area contributed by atoms with Crippen molar-refractivity contribution >= 4 is 23.4 Å². The molecule has 0 saturated carbocycles. The Morgan fingerprint density at radius 3 is 2.67 bits per heavy atom. The van der Waals surface area contributed by atoms with Crippen LogP contribution in [0.5, 0.6) is 0 Å². The first-order chi connectivity index (χ1) is 10.0. The second-order valence-electron chi connectivity index (χ2n) is 4.24. The number of aromatic nitrogens is 2. The summed E-state index contributed by atoms with van der Waals surface area (Å²) in [7, 11) is 1.26. The second kappa shape index (κ2) is 6.00. The highest BCUT2D eigenvalue weighted by atomic mass is 16.5. The molecule has 2 aromatic rings. The van der Waals surface area contributed by atoms with Crippen LogP contribution < -0.4 is 5.32 Å². The summed E-state index contributed by atoms with van der Waals surface area (Å²) in [5.74, 6) is -1.20. The molecule has 0 saturated heterocycles. The number of ether oxygens (including phenoxy) is 1. The number of nitrogens with zero attached hydrogens (tertiary/aromatic N) is 2. The van der Waals surface area contributed by atoms with Gasteiger partial charge in [-0.2, -0.15) is 0 Å². The van der Waals surface area contributed by atoms with Crippen LogP contribution in [0.1, 0.15) is 26.4 Å². The zero-order valence-corrected chi connectivity index (χ0v) is 11.5. The summed E-state index contributed by atoms with van der Waals surface area (Å²) in [5.41, 5.74) is 1.58. The van der Waals surface area contributed by atoms with Crippen molar-refractivity contribution in [2.45, 2.75) is 6.92 Å². The van der Waals surface area contributed by atoms with Gasteiger partial charge in [-0.25, -0.2) is 14.6 Å². The molecule has 0 aliphatic rings. The van der Waals surface area contributed by atoms with E-state index >= 15 is 0 Å². The Kier molecular flexibility index (Phi) is 4.13. The Morgan fingerprint density at radius 1 is 1.29 bits per heavy atom. The first kappa shape index (κ1) is 14.4. The van der Waals surface area contributed by atoms with Crippen molar-refractivity contribution in [2.75, 3.05) is 12.4 Å². The molecule has 0 aliphatic carbocycles. The normalized spacial score (nSPS) is 10.0. The fourth-order valence-corrected chi connectivity index (χ4v) is 1.76. The van der Waals surface area contributed by atoms with Crippen molar-refractivity contribution in [3.05, 3.63) is 47.4 Å². The molecule has 7 nitrogen and oxygen atoms in total. The monoisotopic (exact) mass is 287 g/mol. The highest BCUT2D eigenvalue weighted by molar-refractivity contribution is 5.90. The van der Waals surface area contributed by atoms with E-state index < -0.39 is 11.9 Å². The molecule has 21 heavy (non-hydrogen) atoms. The lowest BCUT2D eigenvalue weighted by Crippen LogP contribution is -2.07. The Morgan fingerprint density at radius 2 is 2.05 bits per heavy atom. The summed E-state index contributed by atoms with van der Waals surface area (Å²) in [5, 5.41) is 11.9. The van der Waals surface area contributed by atoms with E-state index in [2.05, 4.69) is 20.0 Å². The van der Waals surface area contributed by atoms with E-state index in [1.54, 1.807) is 19.1 Å². The summed E-state index contributed by atoms with van der Waals surface area (Å²) in [4.78, 5) is 30.3. The first-order valence-electron chi connectivity index (χ1n) is 6.02. The molecule has 2 N–H and O–H groups in total.